The van der Waals surface area contributed by atoms with E-state index < -0.39 is 0 Å². The van der Waals surface area contributed by atoms with Gasteiger partial charge in [0.1, 0.15) is 0 Å². The molecule has 5 nitrogen and oxygen atoms in total. The first-order chi connectivity index (χ1) is 8.86. The van der Waals surface area contributed by atoms with Crippen molar-refractivity contribution in [2.24, 2.45) is 0 Å². The van der Waals surface area contributed by atoms with Crippen molar-refractivity contribution < 1.29 is 8.94 Å². The molecular formula is C13H7N3O2. The van der Waals surface area contributed by atoms with Gasteiger partial charge in [-0.05, 0) is 36.4 Å². The molecule has 0 fully saturated rings. The topological polar surface area (TPSA) is 75.8 Å². The van der Waals surface area contributed by atoms with Crippen LogP contribution in [0.1, 0.15) is 5.56 Å². The summed E-state index contributed by atoms with van der Waals surface area (Å²) < 4.78 is 10.3. The first kappa shape index (κ1) is 10.3. The Morgan fingerprint density at radius 1 is 1.11 bits per heavy atom. The molecule has 0 atom stereocenters. The lowest BCUT2D eigenvalue weighted by atomic mass is 10.1. The van der Waals surface area contributed by atoms with Crippen LogP contribution in [-0.2, 0) is 0 Å². The Labute approximate surface area is 102 Å². The molecule has 0 saturated heterocycles. The maximum atomic E-state index is 8.71. The summed E-state index contributed by atoms with van der Waals surface area (Å²) in [6.45, 7) is 0. The quantitative estimate of drug-likeness (QED) is 0.684. The summed E-state index contributed by atoms with van der Waals surface area (Å²) in [6, 6.07) is 12.5. The van der Waals surface area contributed by atoms with Gasteiger partial charge >= 0.3 is 0 Å². The number of nitriles is 1. The predicted molar refractivity (Wildman–Crippen MR) is 62.2 cm³/mol. The molecule has 5 heteroatoms. The Morgan fingerprint density at radius 3 is 2.61 bits per heavy atom. The van der Waals surface area contributed by atoms with Gasteiger partial charge in [0.25, 0.3) is 5.89 Å². The number of aromatic nitrogens is 2. The van der Waals surface area contributed by atoms with E-state index in [1.807, 2.05) is 0 Å². The van der Waals surface area contributed by atoms with Gasteiger partial charge in [0.15, 0.2) is 5.76 Å². The van der Waals surface area contributed by atoms with Gasteiger partial charge in [0.05, 0.1) is 17.9 Å². The molecule has 2 aromatic heterocycles. The summed E-state index contributed by atoms with van der Waals surface area (Å²) in [7, 11) is 0. The Hall–Kier alpha value is -2.87. The number of nitrogens with zero attached hydrogens (tertiary/aromatic N) is 3. The standard InChI is InChI=1S/C13H7N3O2/c14-8-9-3-5-10(6-4-9)13-15-12(16-18-13)11-2-1-7-17-11/h1-7H. The molecule has 86 valence electrons. The van der Waals surface area contributed by atoms with Gasteiger partial charge in [0.2, 0.25) is 5.82 Å². The van der Waals surface area contributed by atoms with E-state index in [-0.39, 0.29) is 0 Å². The first-order valence-corrected chi connectivity index (χ1v) is 5.25. The third-order valence-electron chi connectivity index (χ3n) is 2.43. The summed E-state index contributed by atoms with van der Waals surface area (Å²) >= 11 is 0. The fourth-order valence-electron chi connectivity index (χ4n) is 1.53. The minimum Gasteiger partial charge on any atom is -0.461 e. The first-order valence-electron chi connectivity index (χ1n) is 5.25. The van der Waals surface area contributed by atoms with E-state index in [4.69, 9.17) is 14.2 Å². The van der Waals surface area contributed by atoms with Gasteiger partial charge in [-0.3, -0.25) is 0 Å². The van der Waals surface area contributed by atoms with Crippen molar-refractivity contribution in [3.63, 3.8) is 0 Å². The van der Waals surface area contributed by atoms with Crippen molar-refractivity contribution in [1.82, 2.24) is 10.1 Å². The van der Waals surface area contributed by atoms with Crippen LogP contribution in [0.3, 0.4) is 0 Å². The molecular weight excluding hydrogens is 230 g/mol. The van der Waals surface area contributed by atoms with Crippen LogP contribution in [0.25, 0.3) is 23.0 Å². The molecule has 0 N–H and O–H groups in total. The van der Waals surface area contributed by atoms with Crippen LogP contribution < -0.4 is 0 Å². The van der Waals surface area contributed by atoms with Crippen LogP contribution in [-0.4, -0.2) is 10.1 Å². The second-order valence-electron chi connectivity index (χ2n) is 3.59. The highest BCUT2D eigenvalue weighted by atomic mass is 16.5. The van der Waals surface area contributed by atoms with Crippen molar-refractivity contribution in [2.45, 2.75) is 0 Å². The van der Waals surface area contributed by atoms with Crippen LogP contribution in [0.5, 0.6) is 0 Å². The van der Waals surface area contributed by atoms with Crippen LogP contribution in [0, 0.1) is 11.3 Å². The minimum atomic E-state index is 0.394. The molecule has 1 aromatic carbocycles. The van der Waals surface area contributed by atoms with Crippen molar-refractivity contribution in [1.29, 1.82) is 5.26 Å². The molecule has 3 rings (SSSR count). The summed E-state index contributed by atoms with van der Waals surface area (Å²) in [6.07, 6.45) is 1.55. The van der Waals surface area contributed by atoms with Gasteiger partial charge in [-0.2, -0.15) is 10.2 Å². The maximum Gasteiger partial charge on any atom is 0.258 e. The van der Waals surface area contributed by atoms with Crippen molar-refractivity contribution in [3.05, 3.63) is 48.2 Å². The van der Waals surface area contributed by atoms with Crippen LogP contribution >= 0.6 is 0 Å². The molecule has 0 aliphatic heterocycles. The molecule has 2 heterocycles. The number of benzene rings is 1. The van der Waals surface area contributed by atoms with E-state index in [9.17, 15) is 0 Å². The molecule has 0 aliphatic carbocycles. The average molecular weight is 237 g/mol. The van der Waals surface area contributed by atoms with Crippen molar-refractivity contribution in [3.8, 4) is 29.1 Å². The molecule has 0 unspecified atom stereocenters. The third-order valence-corrected chi connectivity index (χ3v) is 2.43. The smallest absolute Gasteiger partial charge is 0.258 e. The van der Waals surface area contributed by atoms with Gasteiger partial charge in [-0.15, -0.1) is 0 Å². The van der Waals surface area contributed by atoms with E-state index in [0.29, 0.717) is 23.0 Å². The van der Waals surface area contributed by atoms with Gasteiger partial charge in [-0.25, -0.2) is 0 Å². The fraction of sp³-hybridized carbons (Fsp3) is 0. The van der Waals surface area contributed by atoms with Gasteiger partial charge in [-0.1, -0.05) is 5.16 Å². The zero-order valence-corrected chi connectivity index (χ0v) is 9.20. The molecule has 0 bridgehead atoms. The minimum absolute atomic E-state index is 0.394. The molecule has 3 aromatic rings. The van der Waals surface area contributed by atoms with Crippen LogP contribution in [0.4, 0.5) is 0 Å². The molecule has 0 spiro atoms. The predicted octanol–water partition coefficient (Wildman–Crippen LogP) is 2.87. The lowest BCUT2D eigenvalue weighted by Crippen LogP contribution is -1.80. The number of furan rings is 1. The highest BCUT2D eigenvalue weighted by Crippen LogP contribution is 2.22. The number of rotatable bonds is 2. The Balaban J connectivity index is 1.95. The maximum absolute atomic E-state index is 8.71. The van der Waals surface area contributed by atoms with Crippen molar-refractivity contribution in [2.75, 3.05) is 0 Å². The summed E-state index contributed by atoms with van der Waals surface area (Å²) in [4.78, 5) is 4.22. The zero-order chi connectivity index (χ0) is 12.4. The molecule has 18 heavy (non-hydrogen) atoms. The van der Waals surface area contributed by atoms with Gasteiger partial charge in [0, 0.05) is 5.56 Å². The van der Waals surface area contributed by atoms with Crippen LogP contribution in [0.2, 0.25) is 0 Å². The Bertz CT molecular complexity index is 691. The van der Waals surface area contributed by atoms with Crippen LogP contribution in [0.15, 0.2) is 51.6 Å². The second kappa shape index (κ2) is 4.18. The Kier molecular flexibility index (Phi) is 2.39. The summed E-state index contributed by atoms with van der Waals surface area (Å²) in [5.41, 5.74) is 1.35. The van der Waals surface area contributed by atoms with E-state index in [2.05, 4.69) is 16.2 Å². The summed E-state index contributed by atoms with van der Waals surface area (Å²) in [5.74, 6) is 1.35. The number of hydrogen-bond donors (Lipinski definition) is 0. The van der Waals surface area contributed by atoms with Crippen molar-refractivity contribution >= 4 is 0 Å². The van der Waals surface area contributed by atoms with E-state index in [1.165, 1.54) is 0 Å². The highest BCUT2D eigenvalue weighted by molar-refractivity contribution is 5.57. The zero-order valence-electron chi connectivity index (χ0n) is 9.20. The molecule has 0 saturated carbocycles. The SMILES string of the molecule is N#Cc1ccc(-c2nc(-c3ccco3)no2)cc1. The van der Waals surface area contributed by atoms with E-state index >= 15 is 0 Å². The highest BCUT2D eigenvalue weighted by Gasteiger charge is 2.12. The average Bonchev–Trinajstić information content (AvgIpc) is 3.09. The molecule has 0 aliphatic rings. The largest absolute Gasteiger partial charge is 0.461 e. The summed E-state index contributed by atoms with van der Waals surface area (Å²) in [5, 5.41) is 12.5. The lowest BCUT2D eigenvalue weighted by molar-refractivity contribution is 0.429. The third kappa shape index (κ3) is 1.76. The van der Waals surface area contributed by atoms with E-state index in [1.54, 1.807) is 42.7 Å². The lowest BCUT2D eigenvalue weighted by Gasteiger charge is -1.92. The Morgan fingerprint density at radius 2 is 1.94 bits per heavy atom. The normalized spacial score (nSPS) is 10.2. The fourth-order valence-corrected chi connectivity index (χ4v) is 1.53. The monoisotopic (exact) mass is 237 g/mol. The van der Waals surface area contributed by atoms with Gasteiger partial charge < -0.3 is 8.94 Å². The second-order valence-corrected chi connectivity index (χ2v) is 3.59. The number of hydrogen-bond acceptors (Lipinski definition) is 5. The molecule has 0 radical (unpaired) electrons. The molecule has 0 amide bonds. The van der Waals surface area contributed by atoms with E-state index in [0.717, 1.165) is 5.56 Å².